The van der Waals surface area contributed by atoms with Crippen LogP contribution in [0.25, 0.3) is 0 Å². The maximum absolute atomic E-state index is 13.6. The molecule has 0 fully saturated rings. The Balaban J connectivity index is 2.28. The van der Waals surface area contributed by atoms with Gasteiger partial charge in [0.25, 0.3) is 0 Å². The lowest BCUT2D eigenvalue weighted by Gasteiger charge is -2.15. The number of hydrogen-bond donors (Lipinski definition) is 1. The van der Waals surface area contributed by atoms with Crippen LogP contribution in [0.15, 0.2) is 41.1 Å². The summed E-state index contributed by atoms with van der Waals surface area (Å²) >= 11 is 3.23. The van der Waals surface area contributed by atoms with E-state index in [0.717, 1.165) is 12.0 Å². The number of halogens is 2. The maximum atomic E-state index is 13.6. The molecule has 20 heavy (non-hydrogen) atoms. The van der Waals surface area contributed by atoms with Crippen LogP contribution >= 0.6 is 15.9 Å². The van der Waals surface area contributed by atoms with Gasteiger partial charge >= 0.3 is 0 Å². The van der Waals surface area contributed by atoms with Gasteiger partial charge in [0.05, 0.1) is 23.3 Å². The minimum Gasteiger partial charge on any atom is -0.492 e. The number of pyridine rings is 1. The minimum atomic E-state index is -0.460. The second-order valence-electron chi connectivity index (χ2n) is 4.42. The first-order chi connectivity index (χ1) is 9.63. The van der Waals surface area contributed by atoms with Crippen molar-refractivity contribution in [3.63, 3.8) is 0 Å². The van der Waals surface area contributed by atoms with E-state index in [1.807, 2.05) is 13.0 Å². The van der Waals surface area contributed by atoms with Crippen LogP contribution in [0.1, 0.15) is 30.5 Å². The Morgan fingerprint density at radius 3 is 2.95 bits per heavy atom. The zero-order chi connectivity index (χ0) is 14.5. The molecule has 1 unspecified atom stereocenters. The number of benzene rings is 1. The molecule has 0 saturated carbocycles. The van der Waals surface area contributed by atoms with E-state index < -0.39 is 6.04 Å². The molecular formula is C15H16BrFN2O. The molecule has 5 heteroatoms. The van der Waals surface area contributed by atoms with Crippen molar-refractivity contribution in [3.8, 4) is 5.75 Å². The van der Waals surface area contributed by atoms with Crippen molar-refractivity contribution in [2.45, 2.75) is 19.4 Å². The van der Waals surface area contributed by atoms with Crippen LogP contribution in [0.2, 0.25) is 0 Å². The van der Waals surface area contributed by atoms with Gasteiger partial charge in [0.1, 0.15) is 11.6 Å². The van der Waals surface area contributed by atoms with Crippen LogP contribution in [0, 0.1) is 5.82 Å². The number of hydrogen-bond acceptors (Lipinski definition) is 3. The van der Waals surface area contributed by atoms with Gasteiger partial charge in [0, 0.05) is 6.20 Å². The van der Waals surface area contributed by atoms with Crippen molar-refractivity contribution < 1.29 is 9.13 Å². The molecule has 2 rings (SSSR count). The Morgan fingerprint density at radius 1 is 1.40 bits per heavy atom. The predicted molar refractivity (Wildman–Crippen MR) is 80.2 cm³/mol. The van der Waals surface area contributed by atoms with Gasteiger partial charge in [0.15, 0.2) is 0 Å². The first-order valence-electron chi connectivity index (χ1n) is 6.40. The van der Waals surface area contributed by atoms with E-state index in [1.54, 1.807) is 24.5 Å². The van der Waals surface area contributed by atoms with Gasteiger partial charge in [-0.3, -0.25) is 4.98 Å². The fourth-order valence-electron chi connectivity index (χ4n) is 1.84. The molecule has 0 aliphatic rings. The summed E-state index contributed by atoms with van der Waals surface area (Å²) in [4.78, 5) is 4.12. The van der Waals surface area contributed by atoms with Gasteiger partial charge in [-0.15, -0.1) is 0 Å². The molecule has 0 amide bonds. The highest BCUT2D eigenvalue weighted by molar-refractivity contribution is 9.10. The summed E-state index contributed by atoms with van der Waals surface area (Å²) in [6, 6.07) is 6.19. The van der Waals surface area contributed by atoms with Crippen LogP contribution in [0.5, 0.6) is 5.75 Å². The molecule has 106 valence electrons. The quantitative estimate of drug-likeness (QED) is 0.901. The molecule has 0 aliphatic carbocycles. The highest BCUT2D eigenvalue weighted by Crippen LogP contribution is 2.29. The number of nitrogens with two attached hydrogens (primary N) is 1. The molecule has 1 aromatic heterocycles. The molecule has 3 nitrogen and oxygen atoms in total. The molecule has 1 aromatic carbocycles. The fraction of sp³-hybridized carbons (Fsp3) is 0.267. The van der Waals surface area contributed by atoms with Crippen molar-refractivity contribution in [1.82, 2.24) is 4.98 Å². The molecule has 2 N–H and O–H groups in total. The van der Waals surface area contributed by atoms with Crippen molar-refractivity contribution in [2.75, 3.05) is 6.61 Å². The zero-order valence-corrected chi connectivity index (χ0v) is 12.7. The van der Waals surface area contributed by atoms with Gasteiger partial charge in [0.2, 0.25) is 0 Å². The van der Waals surface area contributed by atoms with Crippen molar-refractivity contribution in [3.05, 3.63) is 58.1 Å². The topological polar surface area (TPSA) is 48.1 Å². The third kappa shape index (κ3) is 3.35. The highest BCUT2D eigenvalue weighted by atomic mass is 79.9. The Kier molecular flexibility index (Phi) is 5.09. The second-order valence-corrected chi connectivity index (χ2v) is 5.22. The monoisotopic (exact) mass is 338 g/mol. The average Bonchev–Trinajstić information content (AvgIpc) is 2.47. The van der Waals surface area contributed by atoms with Crippen LogP contribution in [-0.4, -0.2) is 11.6 Å². The summed E-state index contributed by atoms with van der Waals surface area (Å²) in [5.74, 6) is 0.344. The second kappa shape index (κ2) is 6.81. The van der Waals surface area contributed by atoms with E-state index in [0.29, 0.717) is 22.4 Å². The highest BCUT2D eigenvalue weighted by Gasteiger charge is 2.15. The smallest absolute Gasteiger partial charge is 0.137 e. The van der Waals surface area contributed by atoms with Gasteiger partial charge < -0.3 is 10.5 Å². The summed E-state index contributed by atoms with van der Waals surface area (Å²) in [7, 11) is 0. The Hall–Kier alpha value is -1.46. The van der Waals surface area contributed by atoms with E-state index in [9.17, 15) is 4.39 Å². The third-order valence-corrected chi connectivity index (χ3v) is 3.72. The summed E-state index contributed by atoms with van der Waals surface area (Å²) in [5.41, 5.74) is 7.65. The number of nitrogens with zero attached hydrogens (tertiary/aromatic N) is 1. The van der Waals surface area contributed by atoms with Crippen LogP contribution in [0.3, 0.4) is 0 Å². The lowest BCUT2D eigenvalue weighted by molar-refractivity contribution is 0.315. The number of aromatic nitrogens is 1. The predicted octanol–water partition coefficient (Wildman–Crippen LogP) is 3.82. The molecule has 0 aliphatic heterocycles. The Bertz CT molecular complexity index is 592. The first kappa shape index (κ1) is 14.9. The van der Waals surface area contributed by atoms with Crippen molar-refractivity contribution >= 4 is 15.9 Å². The van der Waals surface area contributed by atoms with Gasteiger partial charge in [-0.1, -0.05) is 19.1 Å². The standard InChI is InChI=1S/C15H16BrFN2O/c1-2-6-20-11-7-10(8-19-9-11)15(18)12-4-3-5-13(17)14(12)16/h3-5,7-9,15H,2,6,18H2,1H3. The minimum absolute atomic E-state index is 0.329. The summed E-state index contributed by atoms with van der Waals surface area (Å²) < 4.78 is 19.5. The molecule has 0 bridgehead atoms. The summed E-state index contributed by atoms with van der Waals surface area (Å²) in [6.07, 6.45) is 4.24. The molecule has 0 saturated heterocycles. The molecular weight excluding hydrogens is 323 g/mol. The van der Waals surface area contributed by atoms with Crippen LogP contribution in [0.4, 0.5) is 4.39 Å². The van der Waals surface area contributed by atoms with E-state index in [4.69, 9.17) is 10.5 Å². The molecule has 1 heterocycles. The Labute approximate surface area is 126 Å². The largest absolute Gasteiger partial charge is 0.492 e. The summed E-state index contributed by atoms with van der Waals surface area (Å²) in [6.45, 7) is 2.66. The number of rotatable bonds is 5. The van der Waals surface area contributed by atoms with E-state index in [2.05, 4.69) is 20.9 Å². The van der Waals surface area contributed by atoms with Crippen molar-refractivity contribution in [1.29, 1.82) is 0 Å². The van der Waals surface area contributed by atoms with E-state index in [-0.39, 0.29) is 5.82 Å². The van der Waals surface area contributed by atoms with Gasteiger partial charge in [-0.2, -0.15) is 0 Å². The number of ether oxygens (including phenoxy) is 1. The molecule has 0 spiro atoms. The maximum Gasteiger partial charge on any atom is 0.137 e. The normalized spacial score (nSPS) is 12.2. The molecule has 2 aromatic rings. The zero-order valence-electron chi connectivity index (χ0n) is 11.1. The van der Waals surface area contributed by atoms with Crippen LogP contribution < -0.4 is 10.5 Å². The summed E-state index contributed by atoms with van der Waals surface area (Å²) in [5, 5.41) is 0. The lowest BCUT2D eigenvalue weighted by atomic mass is 10.0. The molecule has 1 atom stereocenters. The van der Waals surface area contributed by atoms with Crippen LogP contribution in [-0.2, 0) is 0 Å². The van der Waals surface area contributed by atoms with E-state index >= 15 is 0 Å². The van der Waals surface area contributed by atoms with Gasteiger partial charge in [-0.25, -0.2) is 4.39 Å². The van der Waals surface area contributed by atoms with Crippen molar-refractivity contribution in [2.24, 2.45) is 5.73 Å². The molecule has 0 radical (unpaired) electrons. The first-order valence-corrected chi connectivity index (χ1v) is 7.20. The van der Waals surface area contributed by atoms with E-state index in [1.165, 1.54) is 6.07 Å². The Morgan fingerprint density at radius 2 is 2.20 bits per heavy atom. The lowest BCUT2D eigenvalue weighted by Crippen LogP contribution is -2.13. The third-order valence-electron chi connectivity index (χ3n) is 2.88. The fourth-order valence-corrected chi connectivity index (χ4v) is 2.36. The average molecular weight is 339 g/mol. The van der Waals surface area contributed by atoms with Gasteiger partial charge in [-0.05, 0) is 45.6 Å². The SMILES string of the molecule is CCCOc1cncc(C(N)c2cccc(F)c2Br)c1.